The van der Waals surface area contributed by atoms with Crippen molar-refractivity contribution in [1.29, 1.82) is 0 Å². The molecule has 4 radical (unpaired) electrons. The maximum atomic E-state index is 13.5. The molecule has 1 fully saturated rings. The highest BCUT2D eigenvalue weighted by Gasteiger charge is 2.51. The average molecular weight is 533 g/mol. The Morgan fingerprint density at radius 2 is 1.85 bits per heavy atom. The Labute approximate surface area is 231 Å². The topological polar surface area (TPSA) is 69.0 Å². The van der Waals surface area contributed by atoms with Gasteiger partial charge >= 0.3 is 13.7 Å². The summed E-state index contributed by atoms with van der Waals surface area (Å²) in [6, 6.07) is 9.70. The van der Waals surface area contributed by atoms with E-state index in [1.807, 2.05) is 52.8 Å². The van der Waals surface area contributed by atoms with E-state index < -0.39 is 36.5 Å². The van der Waals surface area contributed by atoms with E-state index >= 15 is 0 Å². The molecule has 0 spiro atoms. The second-order valence-corrected chi connectivity index (χ2v) is 10.7. The fourth-order valence-electron chi connectivity index (χ4n) is 4.71. The minimum absolute atomic E-state index is 0.0720. The number of alkyl halides is 2. The van der Waals surface area contributed by atoms with E-state index in [-0.39, 0.29) is 5.75 Å². The Kier molecular flexibility index (Phi) is 7.81. The summed E-state index contributed by atoms with van der Waals surface area (Å²) in [5, 5.41) is 10.4. The molecule has 0 aliphatic carbocycles. The molecule has 3 aromatic rings. The van der Waals surface area contributed by atoms with Crippen LogP contribution in [-0.2, 0) is 9.31 Å². The number of aromatic nitrogens is 2. The summed E-state index contributed by atoms with van der Waals surface area (Å²) in [7, 11) is 12.6. The van der Waals surface area contributed by atoms with Gasteiger partial charge in [0.15, 0.2) is 5.75 Å². The SMILES string of the molecule is [B]C([B])(O)N(C)C(CC)c1nc2ccc(B3OC(C)(C)C(C)(C)O3)cc2n1-c1c(C=C)cccc1OC(F)F. The van der Waals surface area contributed by atoms with Crippen molar-refractivity contribution < 1.29 is 27.9 Å². The highest BCUT2D eigenvalue weighted by Crippen LogP contribution is 2.39. The first-order valence-electron chi connectivity index (χ1n) is 12.7. The van der Waals surface area contributed by atoms with E-state index in [0.717, 1.165) is 5.46 Å². The fourth-order valence-corrected chi connectivity index (χ4v) is 4.71. The normalized spacial score (nSPS) is 17.8. The number of halogens is 2. The van der Waals surface area contributed by atoms with E-state index in [0.29, 0.717) is 34.5 Å². The molecule has 12 heteroatoms. The Balaban J connectivity index is 2.03. The van der Waals surface area contributed by atoms with Crippen LogP contribution in [0.5, 0.6) is 5.75 Å². The van der Waals surface area contributed by atoms with Crippen LogP contribution in [0.25, 0.3) is 22.8 Å². The molecule has 0 saturated carbocycles. The number of aliphatic hydroxyl groups is 1. The molecule has 2 aromatic carbocycles. The molecular formula is C27H32B3F2N3O4. The van der Waals surface area contributed by atoms with Crippen LogP contribution in [-0.4, -0.2) is 72.8 Å². The molecule has 39 heavy (non-hydrogen) atoms. The van der Waals surface area contributed by atoms with Crippen LogP contribution >= 0.6 is 0 Å². The number of imidazole rings is 1. The van der Waals surface area contributed by atoms with Crippen LogP contribution < -0.4 is 10.2 Å². The summed E-state index contributed by atoms with van der Waals surface area (Å²) in [4.78, 5) is 6.22. The Morgan fingerprint density at radius 3 is 2.38 bits per heavy atom. The van der Waals surface area contributed by atoms with Gasteiger partial charge in [-0.3, -0.25) is 9.47 Å². The summed E-state index contributed by atoms with van der Waals surface area (Å²) in [6.07, 6.45) is 1.98. The number of ether oxygens (including phenoxy) is 1. The van der Waals surface area contributed by atoms with Gasteiger partial charge in [-0.1, -0.05) is 37.8 Å². The molecule has 0 amide bonds. The van der Waals surface area contributed by atoms with Crippen LogP contribution in [0.2, 0.25) is 0 Å². The number of nitrogens with zero attached hydrogens (tertiary/aromatic N) is 3. The molecule has 0 bridgehead atoms. The van der Waals surface area contributed by atoms with Crippen molar-refractivity contribution >= 4 is 45.4 Å². The third-order valence-electron chi connectivity index (χ3n) is 7.64. The Bertz CT molecular complexity index is 1360. The van der Waals surface area contributed by atoms with E-state index in [2.05, 4.69) is 6.58 Å². The summed E-state index contributed by atoms with van der Waals surface area (Å²) in [5.41, 5.74) is -0.590. The van der Waals surface area contributed by atoms with Crippen LogP contribution in [0.4, 0.5) is 8.78 Å². The van der Waals surface area contributed by atoms with Gasteiger partial charge < -0.3 is 19.2 Å². The minimum Gasteiger partial charge on any atom is -0.433 e. The van der Waals surface area contributed by atoms with E-state index in [4.69, 9.17) is 34.7 Å². The van der Waals surface area contributed by atoms with Gasteiger partial charge in [-0.15, -0.1) is 0 Å². The fraction of sp³-hybridized carbons (Fsp3) is 0.444. The lowest BCUT2D eigenvalue weighted by atomic mass is 9.71. The quantitative estimate of drug-likeness (QED) is 0.333. The van der Waals surface area contributed by atoms with Crippen molar-refractivity contribution in [1.82, 2.24) is 14.5 Å². The van der Waals surface area contributed by atoms with Crippen molar-refractivity contribution in [2.24, 2.45) is 0 Å². The third-order valence-corrected chi connectivity index (χ3v) is 7.64. The van der Waals surface area contributed by atoms with Crippen molar-refractivity contribution in [3.05, 3.63) is 54.4 Å². The molecule has 1 unspecified atom stereocenters. The zero-order chi connectivity index (χ0) is 28.9. The summed E-state index contributed by atoms with van der Waals surface area (Å²) < 4.78 is 46.3. The summed E-state index contributed by atoms with van der Waals surface area (Å²) in [6.45, 7) is 10.5. The monoisotopic (exact) mass is 533 g/mol. The van der Waals surface area contributed by atoms with E-state index in [1.54, 1.807) is 29.8 Å². The summed E-state index contributed by atoms with van der Waals surface area (Å²) in [5.74, 6) is 0.334. The number of fused-ring (bicyclic) bond motifs is 1. The smallest absolute Gasteiger partial charge is 0.433 e. The summed E-state index contributed by atoms with van der Waals surface area (Å²) >= 11 is 0. The van der Waals surface area contributed by atoms with Gasteiger partial charge in [0.2, 0.25) is 0 Å². The largest absolute Gasteiger partial charge is 0.494 e. The molecule has 202 valence electrons. The number of rotatable bonds is 9. The molecular weight excluding hydrogens is 501 g/mol. The maximum Gasteiger partial charge on any atom is 0.494 e. The molecule has 1 aromatic heterocycles. The van der Waals surface area contributed by atoms with Crippen molar-refractivity contribution in [2.45, 2.75) is 70.4 Å². The van der Waals surface area contributed by atoms with Crippen LogP contribution in [0.15, 0.2) is 43.0 Å². The van der Waals surface area contributed by atoms with Crippen LogP contribution in [0, 0.1) is 0 Å². The standard InChI is InChI=1S/C27H32B3F2N3O4/c1-8-16-11-10-12-21(37-24(31)32)22(16)35-20-15-17(30-38-25(3,4)26(5,6)39-30)13-14-18(20)33-23(35)19(9-2)34(7)27(28,29)36/h8,10-15,19,24,36H,1,9H2,2-7H3. The van der Waals surface area contributed by atoms with Gasteiger partial charge in [0.25, 0.3) is 0 Å². The van der Waals surface area contributed by atoms with Gasteiger partial charge in [-0.25, -0.2) is 4.98 Å². The van der Waals surface area contributed by atoms with Gasteiger partial charge in [0, 0.05) is 11.1 Å². The zero-order valence-electron chi connectivity index (χ0n) is 23.1. The second kappa shape index (κ2) is 10.4. The maximum absolute atomic E-state index is 13.5. The minimum atomic E-state index is -3.06. The van der Waals surface area contributed by atoms with Crippen molar-refractivity contribution in [3.63, 3.8) is 0 Å². The van der Waals surface area contributed by atoms with Crippen LogP contribution in [0.3, 0.4) is 0 Å². The second-order valence-electron chi connectivity index (χ2n) is 10.7. The number of hydrogen-bond acceptors (Lipinski definition) is 6. The first-order chi connectivity index (χ1) is 18.1. The van der Waals surface area contributed by atoms with E-state index in [1.165, 1.54) is 11.0 Å². The zero-order valence-corrected chi connectivity index (χ0v) is 23.1. The predicted molar refractivity (Wildman–Crippen MR) is 151 cm³/mol. The third kappa shape index (κ3) is 5.40. The number of para-hydroxylation sites is 1. The van der Waals surface area contributed by atoms with Crippen LogP contribution in [0.1, 0.15) is 58.5 Å². The molecule has 7 nitrogen and oxygen atoms in total. The van der Waals surface area contributed by atoms with Gasteiger partial charge in [0.1, 0.15) is 21.5 Å². The van der Waals surface area contributed by atoms with Crippen molar-refractivity contribution in [3.8, 4) is 11.4 Å². The van der Waals surface area contributed by atoms with E-state index in [9.17, 15) is 13.9 Å². The lowest BCUT2D eigenvalue weighted by Gasteiger charge is -2.38. The first kappa shape index (κ1) is 29.3. The molecule has 1 saturated heterocycles. The molecule has 1 N–H and O–H groups in total. The molecule has 2 heterocycles. The molecule has 4 rings (SSSR count). The Hall–Kier alpha value is -2.66. The lowest BCUT2D eigenvalue weighted by molar-refractivity contribution is -0.0498. The van der Waals surface area contributed by atoms with Gasteiger partial charge in [-0.05, 0) is 64.8 Å². The number of hydrogen-bond donors (Lipinski definition) is 1. The van der Waals surface area contributed by atoms with Crippen molar-refractivity contribution in [2.75, 3.05) is 7.05 Å². The van der Waals surface area contributed by atoms with Gasteiger partial charge in [-0.2, -0.15) is 8.78 Å². The van der Waals surface area contributed by atoms with Gasteiger partial charge in [0.05, 0.1) is 34.0 Å². The molecule has 1 atom stereocenters. The number of benzene rings is 2. The average Bonchev–Trinajstić information content (AvgIpc) is 3.30. The highest BCUT2D eigenvalue weighted by atomic mass is 19.3. The predicted octanol–water partition coefficient (Wildman–Crippen LogP) is 3.89. The lowest BCUT2D eigenvalue weighted by Crippen LogP contribution is -2.49. The highest BCUT2D eigenvalue weighted by molar-refractivity contribution is 6.62. The molecule has 1 aliphatic rings. The molecule has 1 aliphatic heterocycles. The first-order valence-corrected chi connectivity index (χ1v) is 12.7. The Morgan fingerprint density at radius 1 is 1.21 bits per heavy atom.